The summed E-state index contributed by atoms with van der Waals surface area (Å²) in [6, 6.07) is 0. The Morgan fingerprint density at radius 1 is 0.259 bits per heavy atom. The van der Waals surface area contributed by atoms with Crippen molar-refractivity contribution in [3.63, 3.8) is 0 Å². The molecule has 5 atom stereocenters. The highest BCUT2D eigenvalue weighted by Crippen LogP contribution is 2.45. The predicted octanol–water partition coefficient (Wildman–Crippen LogP) is 26.1. The van der Waals surface area contributed by atoms with Crippen molar-refractivity contribution < 1.29 is 80.2 Å². The van der Waals surface area contributed by atoms with Crippen molar-refractivity contribution in [1.82, 2.24) is 0 Å². The summed E-state index contributed by atoms with van der Waals surface area (Å²) in [5.41, 5.74) is 0. The van der Waals surface area contributed by atoms with Crippen LogP contribution in [0.25, 0.3) is 0 Å². The van der Waals surface area contributed by atoms with Crippen molar-refractivity contribution in [2.45, 2.75) is 354 Å². The first-order chi connectivity index (χ1) is 54.7. The second kappa shape index (κ2) is 83.4. The Labute approximate surface area is 680 Å². The first-order valence-corrected chi connectivity index (χ1v) is 46.4. The average molecular weight is 1610 g/mol. The zero-order valence-electron chi connectivity index (χ0n) is 70.0. The van der Waals surface area contributed by atoms with Crippen LogP contribution in [0.15, 0.2) is 170 Å². The molecule has 0 radical (unpaired) electrons. The zero-order valence-corrected chi connectivity index (χ0v) is 71.8. The van der Waals surface area contributed by atoms with E-state index in [4.69, 9.17) is 37.0 Å². The summed E-state index contributed by atoms with van der Waals surface area (Å²) in [5, 5.41) is 10.7. The molecule has 112 heavy (non-hydrogen) atoms. The molecule has 638 valence electrons. The topological polar surface area (TPSA) is 237 Å². The number of phosphoric acid groups is 2. The van der Waals surface area contributed by atoms with Gasteiger partial charge in [0.05, 0.1) is 26.4 Å². The van der Waals surface area contributed by atoms with Crippen LogP contribution in [0.2, 0.25) is 0 Å². The Kier molecular flexibility index (Phi) is 79.2. The summed E-state index contributed by atoms with van der Waals surface area (Å²) >= 11 is 0. The number of aliphatic hydroxyl groups excluding tert-OH is 1. The van der Waals surface area contributed by atoms with Crippen LogP contribution in [0.3, 0.4) is 0 Å². The normalized spacial score (nSPS) is 14.6. The number of hydrogen-bond donors (Lipinski definition) is 3. The highest BCUT2D eigenvalue weighted by atomic mass is 31.2. The summed E-state index contributed by atoms with van der Waals surface area (Å²) in [5.74, 6) is -2.31. The number of phosphoric ester groups is 2. The smallest absolute Gasteiger partial charge is 0.462 e. The Hall–Kier alpha value is -5.58. The van der Waals surface area contributed by atoms with Crippen LogP contribution in [-0.4, -0.2) is 96.7 Å². The van der Waals surface area contributed by atoms with Crippen molar-refractivity contribution in [2.75, 3.05) is 39.6 Å². The Bertz CT molecular complexity index is 2790. The minimum absolute atomic E-state index is 0.0277. The quantitative estimate of drug-likeness (QED) is 0.0169. The van der Waals surface area contributed by atoms with Crippen LogP contribution in [0.5, 0.6) is 0 Å². The van der Waals surface area contributed by atoms with Gasteiger partial charge in [0.25, 0.3) is 0 Å². The van der Waals surface area contributed by atoms with Crippen LogP contribution in [0.1, 0.15) is 336 Å². The third-order valence-corrected chi connectivity index (χ3v) is 19.6. The molecule has 0 aliphatic carbocycles. The van der Waals surface area contributed by atoms with Gasteiger partial charge in [-0.05, 0) is 167 Å². The number of esters is 4. The van der Waals surface area contributed by atoms with Gasteiger partial charge in [-0.15, -0.1) is 0 Å². The fraction of sp³-hybridized carbons (Fsp3) is 0.656. The van der Waals surface area contributed by atoms with Gasteiger partial charge in [-0.25, -0.2) is 9.13 Å². The minimum Gasteiger partial charge on any atom is -0.462 e. The molecule has 0 aromatic rings. The number of aliphatic hydroxyl groups is 1. The number of allylic oxidation sites excluding steroid dienone is 28. The van der Waals surface area contributed by atoms with Crippen LogP contribution in [-0.2, 0) is 65.4 Å². The van der Waals surface area contributed by atoms with E-state index in [2.05, 4.69) is 180 Å². The highest BCUT2D eigenvalue weighted by Gasteiger charge is 2.30. The maximum absolute atomic E-state index is 13.2. The zero-order chi connectivity index (χ0) is 81.7. The van der Waals surface area contributed by atoms with Gasteiger partial charge in [0.15, 0.2) is 12.2 Å². The predicted molar refractivity (Wildman–Crippen MR) is 463 cm³/mol. The van der Waals surface area contributed by atoms with E-state index in [1.165, 1.54) is 57.8 Å². The molecule has 0 aliphatic heterocycles. The van der Waals surface area contributed by atoms with Crippen LogP contribution in [0, 0.1) is 0 Å². The maximum Gasteiger partial charge on any atom is 0.472 e. The first kappa shape index (κ1) is 106. The minimum atomic E-state index is -5.01. The van der Waals surface area contributed by atoms with E-state index in [9.17, 15) is 43.2 Å². The van der Waals surface area contributed by atoms with Gasteiger partial charge in [-0.3, -0.25) is 37.3 Å². The Morgan fingerprint density at radius 3 is 0.795 bits per heavy atom. The van der Waals surface area contributed by atoms with E-state index in [1.54, 1.807) is 0 Å². The number of unbranched alkanes of at least 4 members (excludes halogenated alkanes) is 26. The van der Waals surface area contributed by atoms with Gasteiger partial charge >= 0.3 is 39.5 Å². The molecule has 0 fully saturated rings. The standard InChI is InChI=1S/C93H154O17P2/c1-5-9-13-17-21-25-29-33-37-40-43-46-50-53-57-61-65-69-73-77-90(95)103-83-88(109-92(97)79-75-71-67-63-59-55-49-36-32-28-24-20-16-12-8-4)85-107-111(99,100)105-81-87(94)82-106-112(101,102)108-86-89(110-93(98)80-76-72-68-64-60-56-52-48-45-42-39-35-31-27-23-19-15-11-7-3)84-104-91(96)78-74-70-66-62-58-54-51-47-44-41-38-34-30-26-22-18-14-10-6-2/h9-10,13-14,21-23,25-27,33-39,43-49,54,58,66,70,87-89,94H,5-8,11-12,15-20,24,28-32,40-42,50-53,55-57,59-65,67-69,71-86H2,1-4H3,(H,99,100)(H,101,102)/b13-9-,14-10-,25-21-,26-22-,27-23-,37-33-,38-34-,39-35-,46-43-,47-44-,48-45-,49-36-,58-54-,70-66-. The van der Waals surface area contributed by atoms with E-state index in [0.29, 0.717) is 32.1 Å². The Morgan fingerprint density at radius 2 is 0.482 bits per heavy atom. The monoisotopic (exact) mass is 1610 g/mol. The van der Waals surface area contributed by atoms with E-state index in [1.807, 2.05) is 18.2 Å². The van der Waals surface area contributed by atoms with Crippen molar-refractivity contribution >= 4 is 39.5 Å². The second-order valence-corrected chi connectivity index (χ2v) is 31.3. The number of carbonyl (C=O) groups excluding carboxylic acids is 4. The SMILES string of the molecule is CC/C=C\C/C=C\C/C=C\C/C=C\C/C=C\C/C=C\CCC(=O)OCC(COP(=O)(O)OCC(O)COP(=O)(O)OCC(COC(=O)CCCCCCCC/C=C\C/C=C\C/C=C\C/C=C\CC)OC(=O)CCCCCCC/C=C\CCCCCCCC)OC(=O)CCCCCCCC/C=C\C/C=C\C/C=C\CCCCC. The third kappa shape index (κ3) is 82.4. The van der Waals surface area contributed by atoms with Crippen molar-refractivity contribution in [3.05, 3.63) is 170 Å². The average Bonchev–Trinajstić information content (AvgIpc) is 0.898. The van der Waals surface area contributed by atoms with Gasteiger partial charge in [-0.2, -0.15) is 0 Å². The fourth-order valence-electron chi connectivity index (χ4n) is 11.1. The molecule has 0 rings (SSSR count). The molecule has 0 saturated carbocycles. The summed E-state index contributed by atoms with van der Waals surface area (Å²) in [7, 11) is -10.0. The molecule has 0 saturated heterocycles. The van der Waals surface area contributed by atoms with Crippen LogP contribution >= 0.6 is 15.6 Å². The summed E-state index contributed by atoms with van der Waals surface area (Å²) in [4.78, 5) is 73.3. The van der Waals surface area contributed by atoms with E-state index in [0.717, 1.165) is 193 Å². The Balaban J connectivity index is 5.48. The number of hydrogen-bond acceptors (Lipinski definition) is 15. The van der Waals surface area contributed by atoms with Crippen LogP contribution < -0.4 is 0 Å². The first-order valence-electron chi connectivity index (χ1n) is 43.4. The molecule has 17 nitrogen and oxygen atoms in total. The van der Waals surface area contributed by atoms with Crippen molar-refractivity contribution in [2.24, 2.45) is 0 Å². The van der Waals surface area contributed by atoms with Gasteiger partial charge in [0, 0.05) is 25.7 Å². The lowest BCUT2D eigenvalue weighted by Crippen LogP contribution is -2.30. The van der Waals surface area contributed by atoms with E-state index >= 15 is 0 Å². The maximum atomic E-state index is 13.2. The van der Waals surface area contributed by atoms with Gasteiger partial charge in [-0.1, -0.05) is 313 Å². The molecule has 0 amide bonds. The van der Waals surface area contributed by atoms with Crippen molar-refractivity contribution in [1.29, 1.82) is 0 Å². The van der Waals surface area contributed by atoms with Crippen molar-refractivity contribution in [3.8, 4) is 0 Å². The molecule has 0 spiro atoms. The molecule has 0 aromatic carbocycles. The second-order valence-electron chi connectivity index (χ2n) is 28.4. The van der Waals surface area contributed by atoms with E-state index in [-0.39, 0.29) is 25.7 Å². The largest absolute Gasteiger partial charge is 0.472 e. The molecule has 5 unspecified atom stereocenters. The molecule has 0 heterocycles. The van der Waals surface area contributed by atoms with E-state index < -0.39 is 97.5 Å². The third-order valence-electron chi connectivity index (χ3n) is 17.7. The summed E-state index contributed by atoms with van der Waals surface area (Å²) in [6.45, 7) is 4.52. The lowest BCUT2D eigenvalue weighted by Gasteiger charge is -2.21. The number of carbonyl (C=O) groups is 4. The molecular weight excluding hydrogens is 1450 g/mol. The fourth-order valence-corrected chi connectivity index (χ4v) is 12.7. The van der Waals surface area contributed by atoms with Gasteiger partial charge < -0.3 is 33.8 Å². The molecule has 0 bridgehead atoms. The lowest BCUT2D eigenvalue weighted by molar-refractivity contribution is -0.161. The molecule has 0 aliphatic rings. The number of ether oxygens (including phenoxy) is 4. The number of rotatable bonds is 80. The van der Waals surface area contributed by atoms with Gasteiger partial charge in [0.2, 0.25) is 0 Å². The molecular formula is C93H154O17P2. The molecule has 19 heteroatoms. The molecule has 0 aromatic heterocycles. The summed E-state index contributed by atoms with van der Waals surface area (Å²) in [6.07, 6.45) is 100. The highest BCUT2D eigenvalue weighted by molar-refractivity contribution is 7.47. The summed E-state index contributed by atoms with van der Waals surface area (Å²) < 4.78 is 68.8. The van der Waals surface area contributed by atoms with Crippen LogP contribution in [0.4, 0.5) is 0 Å². The lowest BCUT2D eigenvalue weighted by atomic mass is 10.1. The molecule has 3 N–H and O–H groups in total. The van der Waals surface area contributed by atoms with Gasteiger partial charge in [0.1, 0.15) is 19.3 Å².